The van der Waals surface area contributed by atoms with E-state index < -0.39 is 15.1 Å². The quantitative estimate of drug-likeness (QED) is 0.893. The van der Waals surface area contributed by atoms with E-state index in [1.807, 2.05) is 24.3 Å². The number of aromatic nitrogens is 2. The van der Waals surface area contributed by atoms with Gasteiger partial charge in [-0.3, -0.25) is 0 Å². The van der Waals surface area contributed by atoms with Crippen molar-refractivity contribution in [1.82, 2.24) is 10.1 Å². The van der Waals surface area contributed by atoms with Crippen LogP contribution in [0.2, 0.25) is 0 Å². The molecule has 0 spiro atoms. The number of sulfone groups is 1. The molecule has 0 bridgehead atoms. The van der Waals surface area contributed by atoms with Crippen molar-refractivity contribution in [3.63, 3.8) is 0 Å². The Hall–Kier alpha value is -1.73. The fourth-order valence-corrected chi connectivity index (χ4v) is 2.28. The topological polar surface area (TPSA) is 99.1 Å². The minimum absolute atomic E-state index is 0.171. The lowest BCUT2D eigenvalue weighted by molar-refractivity contribution is 0.421. The predicted molar refractivity (Wildman–Crippen MR) is 75.8 cm³/mol. The van der Waals surface area contributed by atoms with Gasteiger partial charge in [-0.2, -0.15) is 4.98 Å². The molecule has 1 atom stereocenters. The maximum atomic E-state index is 11.5. The molecular formula is C13H17N3O3S. The minimum Gasteiger partial charge on any atom is -0.334 e. The van der Waals surface area contributed by atoms with Crippen LogP contribution >= 0.6 is 0 Å². The smallest absolute Gasteiger partial charge is 0.258 e. The molecule has 0 aliphatic rings. The van der Waals surface area contributed by atoms with Crippen molar-refractivity contribution in [2.75, 3.05) is 12.8 Å². The largest absolute Gasteiger partial charge is 0.334 e. The summed E-state index contributed by atoms with van der Waals surface area (Å²) in [6.45, 7) is 2.05. The molecule has 20 heavy (non-hydrogen) atoms. The van der Waals surface area contributed by atoms with Crippen molar-refractivity contribution in [2.24, 2.45) is 5.73 Å². The molecule has 1 heterocycles. The van der Waals surface area contributed by atoms with Crippen LogP contribution in [0, 0.1) is 0 Å². The average Bonchev–Trinajstić information content (AvgIpc) is 2.87. The summed E-state index contributed by atoms with van der Waals surface area (Å²) < 4.78 is 28.2. The summed E-state index contributed by atoms with van der Waals surface area (Å²) in [5, 5.41) is 2.97. The first-order valence-electron chi connectivity index (χ1n) is 6.24. The molecule has 1 aromatic carbocycles. The van der Waals surface area contributed by atoms with Crippen molar-refractivity contribution in [3.05, 3.63) is 35.7 Å². The normalized spacial score (nSPS) is 13.3. The molecular weight excluding hydrogens is 278 g/mol. The van der Waals surface area contributed by atoms with E-state index in [0.717, 1.165) is 17.4 Å². The molecule has 0 amide bonds. The highest BCUT2D eigenvalue weighted by Gasteiger charge is 2.23. The third-order valence-corrected chi connectivity index (χ3v) is 4.60. The number of nitrogens with zero attached hydrogens (tertiary/aromatic N) is 2. The monoisotopic (exact) mass is 295 g/mol. The van der Waals surface area contributed by atoms with Crippen LogP contribution in [0.5, 0.6) is 0 Å². The van der Waals surface area contributed by atoms with E-state index in [2.05, 4.69) is 10.1 Å². The third kappa shape index (κ3) is 3.05. The first-order valence-corrected chi connectivity index (χ1v) is 8.19. The lowest BCUT2D eigenvalue weighted by atomic mass is 10.0. The fourth-order valence-electron chi connectivity index (χ4n) is 1.80. The van der Waals surface area contributed by atoms with Gasteiger partial charge in [-0.15, -0.1) is 0 Å². The summed E-state index contributed by atoms with van der Waals surface area (Å²) in [4.78, 5) is 4.19. The second-order valence-electron chi connectivity index (χ2n) is 4.63. The van der Waals surface area contributed by atoms with Crippen LogP contribution < -0.4 is 5.73 Å². The summed E-state index contributed by atoms with van der Waals surface area (Å²) in [6.07, 6.45) is 1.84. The van der Waals surface area contributed by atoms with Gasteiger partial charge in [0.05, 0.1) is 0 Å². The molecule has 108 valence electrons. The van der Waals surface area contributed by atoms with E-state index in [1.165, 1.54) is 6.92 Å². The molecule has 0 aliphatic heterocycles. The maximum Gasteiger partial charge on any atom is 0.258 e. The second-order valence-corrected chi connectivity index (χ2v) is 6.99. The van der Waals surface area contributed by atoms with Crippen LogP contribution in [0.4, 0.5) is 0 Å². The second kappa shape index (κ2) is 5.72. The molecule has 1 unspecified atom stereocenters. The average molecular weight is 295 g/mol. The Kier molecular flexibility index (Phi) is 4.20. The van der Waals surface area contributed by atoms with E-state index in [0.29, 0.717) is 18.9 Å². The van der Waals surface area contributed by atoms with Gasteiger partial charge < -0.3 is 10.3 Å². The van der Waals surface area contributed by atoms with Gasteiger partial charge in [0, 0.05) is 11.8 Å². The summed E-state index contributed by atoms with van der Waals surface area (Å²) in [7, 11) is -3.25. The van der Waals surface area contributed by atoms with Gasteiger partial charge in [-0.1, -0.05) is 23.4 Å². The maximum absolute atomic E-state index is 11.5. The molecule has 0 fully saturated rings. The summed E-state index contributed by atoms with van der Waals surface area (Å²) >= 11 is 0. The molecule has 0 saturated heterocycles. The van der Waals surface area contributed by atoms with E-state index in [9.17, 15) is 8.42 Å². The molecule has 2 aromatic rings. The van der Waals surface area contributed by atoms with E-state index in [1.54, 1.807) is 0 Å². The van der Waals surface area contributed by atoms with Crippen molar-refractivity contribution in [1.29, 1.82) is 0 Å². The Labute approximate surface area is 117 Å². The zero-order chi connectivity index (χ0) is 14.8. The third-order valence-electron chi connectivity index (χ3n) is 3.11. The van der Waals surface area contributed by atoms with Crippen molar-refractivity contribution >= 4 is 9.84 Å². The Balaban J connectivity index is 2.39. The number of benzene rings is 1. The Morgan fingerprint density at radius 2 is 2.05 bits per heavy atom. The summed E-state index contributed by atoms with van der Waals surface area (Å²) in [6, 6.07) is 7.56. The molecule has 0 radical (unpaired) electrons. The molecule has 1 aromatic heterocycles. The fraction of sp³-hybridized carbons (Fsp3) is 0.385. The van der Waals surface area contributed by atoms with Gasteiger partial charge in [-0.05, 0) is 31.5 Å². The molecule has 7 heteroatoms. The van der Waals surface area contributed by atoms with Gasteiger partial charge in [-0.25, -0.2) is 8.42 Å². The van der Waals surface area contributed by atoms with Gasteiger partial charge in [0.25, 0.3) is 5.89 Å². The van der Waals surface area contributed by atoms with Gasteiger partial charge in [0.15, 0.2) is 15.7 Å². The zero-order valence-corrected chi connectivity index (χ0v) is 12.2. The van der Waals surface area contributed by atoms with Crippen LogP contribution in [0.3, 0.4) is 0 Å². The number of hydrogen-bond acceptors (Lipinski definition) is 6. The standard InChI is InChI=1S/C13H17N3O3S/c1-9(20(2,17)18)12-15-13(19-16-12)11-6-4-3-5-10(11)7-8-14/h3-6,9H,7-8,14H2,1-2H3. The Morgan fingerprint density at radius 3 is 2.70 bits per heavy atom. The molecule has 0 saturated carbocycles. The molecule has 2 rings (SSSR count). The highest BCUT2D eigenvalue weighted by molar-refractivity contribution is 7.90. The van der Waals surface area contributed by atoms with E-state index >= 15 is 0 Å². The van der Waals surface area contributed by atoms with Gasteiger partial charge in [0.2, 0.25) is 0 Å². The number of hydrogen-bond donors (Lipinski definition) is 1. The predicted octanol–water partition coefficient (Wildman–Crippen LogP) is 1.34. The minimum atomic E-state index is -3.25. The first-order chi connectivity index (χ1) is 9.43. The molecule has 0 aliphatic carbocycles. The van der Waals surface area contributed by atoms with Crippen LogP contribution in [0.25, 0.3) is 11.5 Å². The van der Waals surface area contributed by atoms with Crippen molar-refractivity contribution in [2.45, 2.75) is 18.6 Å². The zero-order valence-electron chi connectivity index (χ0n) is 11.4. The van der Waals surface area contributed by atoms with Crippen molar-refractivity contribution in [3.8, 4) is 11.5 Å². The lowest BCUT2D eigenvalue weighted by Gasteiger charge is -2.04. The van der Waals surface area contributed by atoms with Crippen LogP contribution in [-0.2, 0) is 16.3 Å². The Bertz CT molecular complexity index is 694. The van der Waals surface area contributed by atoms with Gasteiger partial charge in [0.1, 0.15) is 5.25 Å². The van der Waals surface area contributed by atoms with Crippen LogP contribution in [0.1, 0.15) is 23.6 Å². The SMILES string of the molecule is CC(c1noc(-c2ccccc2CCN)n1)S(C)(=O)=O. The number of rotatable bonds is 5. The highest BCUT2D eigenvalue weighted by Crippen LogP contribution is 2.25. The van der Waals surface area contributed by atoms with Crippen LogP contribution in [0.15, 0.2) is 28.8 Å². The van der Waals surface area contributed by atoms with Gasteiger partial charge >= 0.3 is 0 Å². The van der Waals surface area contributed by atoms with E-state index in [4.69, 9.17) is 10.3 Å². The first kappa shape index (κ1) is 14.7. The number of nitrogens with two attached hydrogens (primary N) is 1. The van der Waals surface area contributed by atoms with Crippen LogP contribution in [-0.4, -0.2) is 31.4 Å². The Morgan fingerprint density at radius 1 is 1.35 bits per heavy atom. The molecule has 2 N–H and O–H groups in total. The lowest BCUT2D eigenvalue weighted by Crippen LogP contribution is -2.09. The van der Waals surface area contributed by atoms with Crippen molar-refractivity contribution < 1.29 is 12.9 Å². The molecule has 6 nitrogen and oxygen atoms in total. The van der Waals surface area contributed by atoms with E-state index in [-0.39, 0.29) is 5.82 Å². The summed E-state index contributed by atoms with van der Waals surface area (Å²) in [5.74, 6) is 0.490. The highest BCUT2D eigenvalue weighted by atomic mass is 32.2. The summed E-state index contributed by atoms with van der Waals surface area (Å²) in [5.41, 5.74) is 7.36.